The lowest BCUT2D eigenvalue weighted by atomic mass is 9.68. The Balaban J connectivity index is 2.12. The molecule has 110 valence electrons. The van der Waals surface area contributed by atoms with Crippen LogP contribution in [-0.2, 0) is 9.47 Å². The summed E-state index contributed by atoms with van der Waals surface area (Å²) in [7, 11) is 0. The molecule has 0 bridgehead atoms. The minimum atomic E-state index is -0.215. The average Bonchev–Trinajstić information content (AvgIpc) is 2.42. The minimum absolute atomic E-state index is 0.108. The lowest BCUT2D eigenvalue weighted by Crippen LogP contribution is -2.54. The first kappa shape index (κ1) is 14.9. The third-order valence-electron chi connectivity index (χ3n) is 4.72. The quantitative estimate of drug-likeness (QED) is 0.849. The number of nitrogens with two attached hydrogens (primary N) is 1. The molecule has 3 heteroatoms. The van der Waals surface area contributed by atoms with E-state index in [9.17, 15) is 0 Å². The van der Waals surface area contributed by atoms with Gasteiger partial charge in [0.25, 0.3) is 0 Å². The maximum Gasteiger partial charge on any atom is 0.112 e. The van der Waals surface area contributed by atoms with Crippen molar-refractivity contribution in [2.24, 2.45) is 11.1 Å². The zero-order chi connectivity index (χ0) is 13.9. The second kappa shape index (κ2) is 5.84. The van der Waals surface area contributed by atoms with Crippen molar-refractivity contribution in [3.63, 3.8) is 0 Å². The lowest BCUT2D eigenvalue weighted by Gasteiger charge is -2.47. The summed E-state index contributed by atoms with van der Waals surface area (Å²) >= 11 is 0. The van der Waals surface area contributed by atoms with Gasteiger partial charge in [-0.2, -0.15) is 0 Å². The molecule has 0 aromatic carbocycles. The monoisotopic (exact) mass is 267 g/mol. The van der Waals surface area contributed by atoms with Crippen LogP contribution in [0.15, 0.2) is 11.8 Å². The van der Waals surface area contributed by atoms with Gasteiger partial charge < -0.3 is 15.2 Å². The van der Waals surface area contributed by atoms with Crippen molar-refractivity contribution in [3.05, 3.63) is 11.8 Å². The van der Waals surface area contributed by atoms with E-state index in [1.165, 1.54) is 12.8 Å². The first-order valence-corrected chi connectivity index (χ1v) is 7.71. The van der Waals surface area contributed by atoms with E-state index in [0.717, 1.165) is 44.7 Å². The Morgan fingerprint density at radius 3 is 2.53 bits per heavy atom. The van der Waals surface area contributed by atoms with E-state index in [1.807, 2.05) is 0 Å². The van der Waals surface area contributed by atoms with Gasteiger partial charge in [-0.1, -0.05) is 13.8 Å². The van der Waals surface area contributed by atoms with Crippen LogP contribution in [0, 0.1) is 5.41 Å². The van der Waals surface area contributed by atoms with Gasteiger partial charge in [-0.05, 0) is 56.9 Å². The van der Waals surface area contributed by atoms with Gasteiger partial charge in [0.15, 0.2) is 0 Å². The molecule has 1 fully saturated rings. The highest BCUT2D eigenvalue weighted by molar-refractivity contribution is 5.14. The van der Waals surface area contributed by atoms with Gasteiger partial charge in [0.1, 0.15) is 5.76 Å². The molecule has 2 rings (SSSR count). The normalized spacial score (nSPS) is 27.3. The number of hydrogen-bond acceptors (Lipinski definition) is 3. The molecule has 0 saturated heterocycles. The fraction of sp³-hybridized carbons (Fsp3) is 0.875. The van der Waals surface area contributed by atoms with Gasteiger partial charge in [0.05, 0.1) is 18.2 Å². The number of allylic oxidation sites excluding steroid dienone is 1. The van der Waals surface area contributed by atoms with Crippen molar-refractivity contribution in [2.45, 2.75) is 70.9 Å². The van der Waals surface area contributed by atoms with E-state index in [1.54, 1.807) is 0 Å². The van der Waals surface area contributed by atoms with Crippen LogP contribution in [-0.4, -0.2) is 24.9 Å². The van der Waals surface area contributed by atoms with Gasteiger partial charge in [-0.3, -0.25) is 0 Å². The summed E-state index contributed by atoms with van der Waals surface area (Å²) in [5.74, 6) is 0.958. The molecular weight excluding hydrogens is 238 g/mol. The van der Waals surface area contributed by atoms with E-state index in [0.29, 0.717) is 5.41 Å². The highest BCUT2D eigenvalue weighted by Crippen LogP contribution is 2.44. The predicted octanol–water partition coefficient (Wildman–Crippen LogP) is 3.38. The highest BCUT2D eigenvalue weighted by atomic mass is 16.5. The summed E-state index contributed by atoms with van der Waals surface area (Å²) in [6, 6.07) is -0.108. The van der Waals surface area contributed by atoms with Crippen LogP contribution >= 0.6 is 0 Å². The Bertz CT molecular complexity index is 326. The third kappa shape index (κ3) is 3.32. The fourth-order valence-electron chi connectivity index (χ4n) is 3.24. The molecule has 0 amide bonds. The Kier molecular flexibility index (Phi) is 4.57. The molecule has 1 atom stereocenters. The second-order valence-electron chi connectivity index (χ2n) is 6.74. The van der Waals surface area contributed by atoms with Gasteiger partial charge in [-0.15, -0.1) is 0 Å². The molecule has 0 aromatic rings. The molecule has 1 heterocycles. The van der Waals surface area contributed by atoms with E-state index in [2.05, 4.69) is 26.8 Å². The minimum Gasteiger partial charge on any atom is -0.496 e. The Hall–Kier alpha value is -0.540. The van der Waals surface area contributed by atoms with Crippen molar-refractivity contribution in [3.8, 4) is 0 Å². The molecule has 3 nitrogen and oxygen atoms in total. The molecule has 1 saturated carbocycles. The molecule has 0 radical (unpaired) electrons. The third-order valence-corrected chi connectivity index (χ3v) is 4.72. The summed E-state index contributed by atoms with van der Waals surface area (Å²) in [6.07, 6.45) is 8.77. The molecule has 0 spiro atoms. The van der Waals surface area contributed by atoms with Crippen LogP contribution in [0.5, 0.6) is 0 Å². The number of rotatable bonds is 4. The van der Waals surface area contributed by atoms with Gasteiger partial charge in [0.2, 0.25) is 0 Å². The molecule has 1 unspecified atom stereocenters. The van der Waals surface area contributed by atoms with Crippen molar-refractivity contribution >= 4 is 0 Å². The van der Waals surface area contributed by atoms with Crippen molar-refractivity contribution in [2.75, 3.05) is 13.2 Å². The largest absolute Gasteiger partial charge is 0.496 e. The fourth-order valence-corrected chi connectivity index (χ4v) is 3.24. The topological polar surface area (TPSA) is 44.5 Å². The summed E-state index contributed by atoms with van der Waals surface area (Å²) in [6.45, 7) is 8.26. The second-order valence-corrected chi connectivity index (χ2v) is 6.74. The lowest BCUT2D eigenvalue weighted by molar-refractivity contribution is -0.101. The Morgan fingerprint density at radius 1 is 1.32 bits per heavy atom. The molecule has 1 aliphatic heterocycles. The molecule has 19 heavy (non-hydrogen) atoms. The first-order valence-electron chi connectivity index (χ1n) is 7.71. The molecule has 0 aromatic heterocycles. The smallest absolute Gasteiger partial charge is 0.112 e. The van der Waals surface area contributed by atoms with Crippen LogP contribution in [0.3, 0.4) is 0 Å². The van der Waals surface area contributed by atoms with Crippen LogP contribution in [0.2, 0.25) is 0 Å². The zero-order valence-corrected chi connectivity index (χ0v) is 12.7. The molecule has 2 aliphatic rings. The Labute approximate surface area is 117 Å². The van der Waals surface area contributed by atoms with Crippen molar-refractivity contribution < 1.29 is 9.47 Å². The standard InChI is InChI=1S/C16H29NO2/c1-4-19-16(10-8-15(2,3)9-11-16)14(17)13-7-5-6-12-18-13/h7,14H,4-6,8-12,17H2,1-3H3. The van der Waals surface area contributed by atoms with Crippen LogP contribution in [0.1, 0.15) is 59.3 Å². The van der Waals surface area contributed by atoms with Gasteiger partial charge >= 0.3 is 0 Å². The van der Waals surface area contributed by atoms with Gasteiger partial charge in [-0.25, -0.2) is 0 Å². The van der Waals surface area contributed by atoms with E-state index < -0.39 is 0 Å². The van der Waals surface area contributed by atoms with Crippen LogP contribution in [0.25, 0.3) is 0 Å². The highest BCUT2D eigenvalue weighted by Gasteiger charge is 2.45. The summed E-state index contributed by atoms with van der Waals surface area (Å²) < 4.78 is 11.9. The number of hydrogen-bond donors (Lipinski definition) is 1. The molecule has 1 aliphatic carbocycles. The maximum absolute atomic E-state index is 6.51. The van der Waals surface area contributed by atoms with Gasteiger partial charge in [0, 0.05) is 6.61 Å². The average molecular weight is 267 g/mol. The molecule has 2 N–H and O–H groups in total. The summed E-state index contributed by atoms with van der Waals surface area (Å²) in [4.78, 5) is 0. The summed E-state index contributed by atoms with van der Waals surface area (Å²) in [5.41, 5.74) is 6.72. The summed E-state index contributed by atoms with van der Waals surface area (Å²) in [5, 5.41) is 0. The number of ether oxygens (including phenoxy) is 2. The predicted molar refractivity (Wildman–Crippen MR) is 77.9 cm³/mol. The molecular formula is C16H29NO2. The van der Waals surface area contributed by atoms with E-state index in [-0.39, 0.29) is 11.6 Å². The van der Waals surface area contributed by atoms with E-state index in [4.69, 9.17) is 15.2 Å². The SMILES string of the molecule is CCOC1(C(N)C2=CCCCO2)CCC(C)(C)CC1. The zero-order valence-electron chi connectivity index (χ0n) is 12.7. The van der Waals surface area contributed by atoms with E-state index >= 15 is 0 Å². The Morgan fingerprint density at radius 2 is 2.00 bits per heavy atom. The maximum atomic E-state index is 6.51. The van der Waals surface area contributed by atoms with Crippen molar-refractivity contribution in [1.29, 1.82) is 0 Å². The van der Waals surface area contributed by atoms with Crippen LogP contribution in [0.4, 0.5) is 0 Å². The van der Waals surface area contributed by atoms with Crippen molar-refractivity contribution in [1.82, 2.24) is 0 Å². The first-order chi connectivity index (χ1) is 8.99. The van der Waals surface area contributed by atoms with Crippen LogP contribution < -0.4 is 5.73 Å².